The molecule has 0 unspecified atom stereocenters. The van der Waals surface area contributed by atoms with E-state index in [0.29, 0.717) is 27.1 Å². The van der Waals surface area contributed by atoms with E-state index in [2.05, 4.69) is 0 Å². The average Bonchev–Trinajstić information content (AvgIpc) is 3.03. The van der Waals surface area contributed by atoms with Crippen molar-refractivity contribution in [3.8, 4) is 17.1 Å². The molecule has 0 fully saturated rings. The lowest BCUT2D eigenvalue weighted by Crippen LogP contribution is -2.12. The van der Waals surface area contributed by atoms with Crippen LogP contribution in [0.3, 0.4) is 0 Å². The molecule has 3 rings (SSSR count). The molecular formula is C19H12Cl2O5. The van der Waals surface area contributed by atoms with Crippen LogP contribution < -0.4 is 5.63 Å². The Balaban J connectivity index is 1.87. The van der Waals surface area contributed by atoms with Gasteiger partial charge in [-0.2, -0.15) is 0 Å². The van der Waals surface area contributed by atoms with Gasteiger partial charge in [-0.05, 0) is 43.3 Å². The summed E-state index contributed by atoms with van der Waals surface area (Å²) < 4.78 is 10.5. The van der Waals surface area contributed by atoms with Crippen molar-refractivity contribution in [3.63, 3.8) is 0 Å². The van der Waals surface area contributed by atoms with Crippen molar-refractivity contribution in [2.24, 2.45) is 0 Å². The van der Waals surface area contributed by atoms with Crippen LogP contribution in [0.5, 0.6) is 5.75 Å². The zero-order valence-electron chi connectivity index (χ0n) is 13.5. The standard InChI is InChI=1S/C19H12Cl2O5/c1-10-9-15(23)17(19(24)25-10)14(22)7-5-11-6-8-16(26-11)12-3-2-4-13(20)18(12)21/h2-9,23H,1H3/b7-5+. The molecule has 0 atom stereocenters. The summed E-state index contributed by atoms with van der Waals surface area (Å²) in [6.07, 6.45) is 2.49. The number of hydrogen-bond acceptors (Lipinski definition) is 5. The number of benzene rings is 1. The number of carbonyl (C=O) groups is 1. The second-order valence-corrected chi connectivity index (χ2v) is 6.19. The van der Waals surface area contributed by atoms with Crippen LogP contribution in [0.15, 0.2) is 56.1 Å². The Morgan fingerprint density at radius 3 is 2.65 bits per heavy atom. The first-order chi connectivity index (χ1) is 12.4. The van der Waals surface area contributed by atoms with Gasteiger partial charge in [0.15, 0.2) is 5.78 Å². The highest BCUT2D eigenvalue weighted by Gasteiger charge is 2.16. The van der Waals surface area contributed by atoms with E-state index in [-0.39, 0.29) is 5.76 Å². The van der Waals surface area contributed by atoms with E-state index in [9.17, 15) is 14.7 Å². The monoisotopic (exact) mass is 390 g/mol. The Kier molecular flexibility index (Phi) is 5.02. The zero-order chi connectivity index (χ0) is 18.8. The van der Waals surface area contributed by atoms with Gasteiger partial charge in [0.1, 0.15) is 28.6 Å². The van der Waals surface area contributed by atoms with Crippen molar-refractivity contribution in [2.75, 3.05) is 0 Å². The lowest BCUT2D eigenvalue weighted by molar-refractivity contribution is 0.104. The molecule has 0 saturated heterocycles. The fraction of sp³-hybridized carbons (Fsp3) is 0.0526. The molecule has 2 heterocycles. The predicted molar refractivity (Wildman–Crippen MR) is 98.9 cm³/mol. The van der Waals surface area contributed by atoms with Gasteiger partial charge in [-0.15, -0.1) is 0 Å². The lowest BCUT2D eigenvalue weighted by atomic mass is 10.1. The number of hydrogen-bond donors (Lipinski definition) is 1. The quantitative estimate of drug-likeness (QED) is 0.493. The highest BCUT2D eigenvalue weighted by atomic mass is 35.5. The van der Waals surface area contributed by atoms with E-state index in [1.54, 1.807) is 30.3 Å². The maximum absolute atomic E-state index is 12.2. The second kappa shape index (κ2) is 7.23. The summed E-state index contributed by atoms with van der Waals surface area (Å²) in [7, 11) is 0. The Bertz CT molecular complexity index is 1080. The van der Waals surface area contributed by atoms with Crippen LogP contribution in [0.25, 0.3) is 17.4 Å². The molecule has 0 saturated carbocycles. The maximum Gasteiger partial charge on any atom is 0.351 e. The van der Waals surface area contributed by atoms with Gasteiger partial charge in [-0.3, -0.25) is 4.79 Å². The van der Waals surface area contributed by atoms with E-state index in [4.69, 9.17) is 32.0 Å². The van der Waals surface area contributed by atoms with Crippen molar-refractivity contribution in [2.45, 2.75) is 6.92 Å². The number of rotatable bonds is 4. The van der Waals surface area contributed by atoms with Crippen molar-refractivity contribution >= 4 is 35.1 Å². The normalized spacial score (nSPS) is 11.2. The minimum absolute atomic E-state index is 0.210. The fourth-order valence-electron chi connectivity index (χ4n) is 2.35. The van der Waals surface area contributed by atoms with Gasteiger partial charge < -0.3 is 13.9 Å². The van der Waals surface area contributed by atoms with Gasteiger partial charge in [0.2, 0.25) is 0 Å². The van der Waals surface area contributed by atoms with Crippen LogP contribution in [-0.4, -0.2) is 10.9 Å². The van der Waals surface area contributed by atoms with Crippen LogP contribution in [0.1, 0.15) is 21.9 Å². The molecule has 0 bridgehead atoms. The van der Waals surface area contributed by atoms with Gasteiger partial charge in [-0.25, -0.2) is 4.79 Å². The van der Waals surface area contributed by atoms with Crippen LogP contribution in [0.4, 0.5) is 0 Å². The number of aryl methyl sites for hydroxylation is 1. The molecule has 0 radical (unpaired) electrons. The minimum atomic E-state index is -0.900. The Hall–Kier alpha value is -2.76. The molecule has 7 heteroatoms. The maximum atomic E-state index is 12.2. The van der Waals surface area contributed by atoms with Crippen LogP contribution >= 0.6 is 23.2 Å². The number of aromatic hydroxyl groups is 1. The summed E-state index contributed by atoms with van der Waals surface area (Å²) in [6, 6.07) is 9.67. The highest BCUT2D eigenvalue weighted by molar-refractivity contribution is 6.43. The van der Waals surface area contributed by atoms with Gasteiger partial charge in [0, 0.05) is 11.6 Å². The molecule has 0 aliphatic heterocycles. The van der Waals surface area contributed by atoms with Crippen molar-refractivity contribution in [1.82, 2.24) is 0 Å². The van der Waals surface area contributed by atoms with E-state index < -0.39 is 22.7 Å². The average molecular weight is 391 g/mol. The van der Waals surface area contributed by atoms with Crippen LogP contribution in [0, 0.1) is 6.92 Å². The van der Waals surface area contributed by atoms with Crippen molar-refractivity contribution in [1.29, 1.82) is 0 Å². The number of allylic oxidation sites excluding steroid dienone is 1. The van der Waals surface area contributed by atoms with Crippen molar-refractivity contribution < 1.29 is 18.7 Å². The summed E-state index contributed by atoms with van der Waals surface area (Å²) in [5, 5.41) is 10.5. The molecule has 3 aromatic rings. The van der Waals surface area contributed by atoms with E-state index in [1.807, 2.05) is 0 Å². The van der Waals surface area contributed by atoms with Crippen LogP contribution in [-0.2, 0) is 0 Å². The predicted octanol–water partition coefficient (Wildman–Crippen LogP) is 5.12. The lowest BCUT2D eigenvalue weighted by Gasteiger charge is -2.02. The second-order valence-electron chi connectivity index (χ2n) is 5.41. The summed E-state index contributed by atoms with van der Waals surface area (Å²) in [6.45, 7) is 1.50. The molecule has 2 aromatic heterocycles. The third-order valence-electron chi connectivity index (χ3n) is 3.54. The fourth-order valence-corrected chi connectivity index (χ4v) is 2.74. The first kappa shape index (κ1) is 18.0. The molecule has 132 valence electrons. The molecule has 1 N–H and O–H groups in total. The Morgan fingerprint density at radius 2 is 1.92 bits per heavy atom. The molecule has 5 nitrogen and oxygen atoms in total. The zero-order valence-corrected chi connectivity index (χ0v) is 15.0. The summed E-state index contributed by atoms with van der Waals surface area (Å²) in [5.74, 6) is -0.0842. The largest absolute Gasteiger partial charge is 0.507 e. The van der Waals surface area contributed by atoms with E-state index in [1.165, 1.54) is 19.1 Å². The minimum Gasteiger partial charge on any atom is -0.507 e. The Morgan fingerprint density at radius 1 is 1.15 bits per heavy atom. The van der Waals surface area contributed by atoms with Crippen LogP contribution in [0.2, 0.25) is 10.0 Å². The highest BCUT2D eigenvalue weighted by Crippen LogP contribution is 2.34. The smallest absolute Gasteiger partial charge is 0.351 e. The molecular weight excluding hydrogens is 379 g/mol. The first-order valence-corrected chi connectivity index (χ1v) is 8.22. The molecule has 1 aromatic carbocycles. The topological polar surface area (TPSA) is 80.6 Å². The third kappa shape index (κ3) is 3.59. The van der Waals surface area contributed by atoms with E-state index in [0.717, 1.165) is 6.08 Å². The summed E-state index contributed by atoms with van der Waals surface area (Å²) in [5.41, 5.74) is -0.721. The first-order valence-electron chi connectivity index (χ1n) is 7.47. The summed E-state index contributed by atoms with van der Waals surface area (Å²) >= 11 is 12.1. The van der Waals surface area contributed by atoms with Gasteiger partial charge in [0.05, 0.1) is 10.0 Å². The van der Waals surface area contributed by atoms with E-state index >= 15 is 0 Å². The van der Waals surface area contributed by atoms with Gasteiger partial charge in [-0.1, -0.05) is 29.3 Å². The SMILES string of the molecule is Cc1cc(O)c(C(=O)/C=C/c2ccc(-c3cccc(Cl)c3Cl)o2)c(=O)o1. The van der Waals surface area contributed by atoms with Gasteiger partial charge >= 0.3 is 5.63 Å². The molecule has 0 aliphatic carbocycles. The molecule has 26 heavy (non-hydrogen) atoms. The van der Waals surface area contributed by atoms with Gasteiger partial charge in [0.25, 0.3) is 0 Å². The number of furan rings is 1. The molecule has 0 amide bonds. The third-order valence-corrected chi connectivity index (χ3v) is 4.36. The molecule has 0 spiro atoms. The Labute approximate surface area is 158 Å². The summed E-state index contributed by atoms with van der Waals surface area (Å²) in [4.78, 5) is 23.9. The number of halogens is 2. The van der Waals surface area contributed by atoms with Crippen molar-refractivity contribution in [3.05, 3.63) is 80.0 Å². The number of ketones is 1. The number of carbonyl (C=O) groups excluding carboxylic acids is 1. The molecule has 0 aliphatic rings.